The Hall–Kier alpha value is -1.07. The van der Waals surface area contributed by atoms with Crippen molar-refractivity contribution in [3.8, 4) is 0 Å². The summed E-state index contributed by atoms with van der Waals surface area (Å²) in [5, 5.41) is 0. The molecular formula is C12H15F3N2. The number of benzene rings is 1. The fraction of sp³-hybridized carbons (Fsp3) is 0.500. The zero-order chi connectivity index (χ0) is 12.5. The standard InChI is InChI=1S/C12H15F3N2/c13-12(14,15)8-17-6-10(11(16)7-17)9-4-2-1-3-5-9/h1-5,10-11H,6-8,16H2/t10-,11-/m0/s1. The van der Waals surface area contributed by atoms with Gasteiger partial charge in [0.15, 0.2) is 0 Å². The van der Waals surface area contributed by atoms with Gasteiger partial charge < -0.3 is 5.73 Å². The zero-order valence-corrected chi connectivity index (χ0v) is 9.32. The maximum atomic E-state index is 12.3. The summed E-state index contributed by atoms with van der Waals surface area (Å²) in [6.07, 6.45) is -4.15. The van der Waals surface area contributed by atoms with E-state index in [4.69, 9.17) is 5.73 Å². The lowest BCUT2D eigenvalue weighted by molar-refractivity contribution is -0.143. The summed E-state index contributed by atoms with van der Waals surface area (Å²) in [6.45, 7) is -0.187. The Morgan fingerprint density at radius 2 is 1.82 bits per heavy atom. The van der Waals surface area contributed by atoms with Crippen LogP contribution < -0.4 is 5.73 Å². The molecule has 1 aliphatic rings. The molecule has 1 saturated heterocycles. The van der Waals surface area contributed by atoms with Gasteiger partial charge in [0.2, 0.25) is 0 Å². The molecule has 0 spiro atoms. The van der Waals surface area contributed by atoms with Crippen molar-refractivity contribution < 1.29 is 13.2 Å². The lowest BCUT2D eigenvalue weighted by Gasteiger charge is -2.17. The van der Waals surface area contributed by atoms with E-state index in [9.17, 15) is 13.2 Å². The average molecular weight is 244 g/mol. The Kier molecular flexibility index (Phi) is 3.40. The van der Waals surface area contributed by atoms with Gasteiger partial charge in [-0.2, -0.15) is 13.2 Å². The minimum absolute atomic E-state index is 0.00134. The lowest BCUT2D eigenvalue weighted by Crippen LogP contribution is -2.34. The van der Waals surface area contributed by atoms with Crippen LogP contribution in [-0.2, 0) is 0 Å². The normalized spacial score (nSPS) is 26.4. The molecule has 0 radical (unpaired) electrons. The predicted molar refractivity (Wildman–Crippen MR) is 59.7 cm³/mol. The molecule has 2 N–H and O–H groups in total. The van der Waals surface area contributed by atoms with Crippen LogP contribution in [0.3, 0.4) is 0 Å². The van der Waals surface area contributed by atoms with Crippen LogP contribution in [0.5, 0.6) is 0 Å². The third-order valence-corrected chi connectivity index (χ3v) is 3.07. The molecule has 1 aromatic rings. The number of rotatable bonds is 2. The van der Waals surface area contributed by atoms with Crippen LogP contribution in [0, 0.1) is 0 Å². The van der Waals surface area contributed by atoms with Crippen LogP contribution in [0.15, 0.2) is 30.3 Å². The molecule has 94 valence electrons. The van der Waals surface area contributed by atoms with Crippen molar-refractivity contribution in [3.63, 3.8) is 0 Å². The molecule has 1 aliphatic heterocycles. The van der Waals surface area contributed by atoms with E-state index in [1.165, 1.54) is 4.90 Å². The summed E-state index contributed by atoms with van der Waals surface area (Å²) in [6, 6.07) is 9.27. The number of hydrogen-bond acceptors (Lipinski definition) is 2. The maximum Gasteiger partial charge on any atom is 0.401 e. The van der Waals surface area contributed by atoms with Gasteiger partial charge in [0.05, 0.1) is 6.54 Å². The number of halogens is 3. The van der Waals surface area contributed by atoms with E-state index in [1.54, 1.807) is 0 Å². The van der Waals surface area contributed by atoms with Gasteiger partial charge in [-0.3, -0.25) is 4.90 Å². The Morgan fingerprint density at radius 1 is 1.18 bits per heavy atom. The summed E-state index contributed by atoms with van der Waals surface area (Å²) < 4.78 is 36.8. The number of alkyl halides is 3. The maximum absolute atomic E-state index is 12.3. The van der Waals surface area contributed by atoms with Crippen molar-refractivity contribution >= 4 is 0 Å². The molecule has 2 rings (SSSR count). The van der Waals surface area contributed by atoms with Crippen LogP contribution in [0.4, 0.5) is 13.2 Å². The first-order valence-corrected chi connectivity index (χ1v) is 5.55. The van der Waals surface area contributed by atoms with Crippen molar-refractivity contribution in [1.82, 2.24) is 4.90 Å². The Morgan fingerprint density at radius 3 is 2.41 bits per heavy atom. The zero-order valence-electron chi connectivity index (χ0n) is 9.32. The van der Waals surface area contributed by atoms with Gasteiger partial charge in [0.1, 0.15) is 0 Å². The molecule has 2 nitrogen and oxygen atoms in total. The largest absolute Gasteiger partial charge is 0.401 e. The first kappa shape index (κ1) is 12.4. The molecule has 0 amide bonds. The first-order chi connectivity index (χ1) is 7.96. The fourth-order valence-electron chi connectivity index (χ4n) is 2.35. The van der Waals surface area contributed by atoms with Gasteiger partial charge in [-0.25, -0.2) is 0 Å². The lowest BCUT2D eigenvalue weighted by atomic mass is 9.95. The molecule has 0 bridgehead atoms. The van der Waals surface area contributed by atoms with E-state index < -0.39 is 12.7 Å². The van der Waals surface area contributed by atoms with Gasteiger partial charge in [-0.1, -0.05) is 30.3 Å². The van der Waals surface area contributed by atoms with Crippen molar-refractivity contribution in [2.75, 3.05) is 19.6 Å². The molecule has 0 aliphatic carbocycles. The molecule has 5 heteroatoms. The van der Waals surface area contributed by atoms with Crippen LogP contribution in [0.1, 0.15) is 11.5 Å². The molecule has 1 heterocycles. The van der Waals surface area contributed by atoms with E-state index in [-0.39, 0.29) is 12.0 Å². The summed E-state index contributed by atoms with van der Waals surface area (Å²) in [5.74, 6) is -0.00134. The number of nitrogens with zero attached hydrogens (tertiary/aromatic N) is 1. The minimum Gasteiger partial charge on any atom is -0.326 e. The monoisotopic (exact) mass is 244 g/mol. The van der Waals surface area contributed by atoms with Gasteiger partial charge in [0.25, 0.3) is 0 Å². The first-order valence-electron chi connectivity index (χ1n) is 5.55. The smallest absolute Gasteiger partial charge is 0.326 e. The van der Waals surface area contributed by atoms with E-state index in [0.29, 0.717) is 13.1 Å². The van der Waals surface area contributed by atoms with Gasteiger partial charge in [-0.15, -0.1) is 0 Å². The predicted octanol–water partition coefficient (Wildman–Crippen LogP) is 1.98. The number of nitrogens with two attached hydrogens (primary N) is 1. The molecule has 1 fully saturated rings. The third-order valence-electron chi connectivity index (χ3n) is 3.07. The van der Waals surface area contributed by atoms with Gasteiger partial charge in [0, 0.05) is 25.0 Å². The van der Waals surface area contributed by atoms with Crippen LogP contribution in [-0.4, -0.2) is 36.8 Å². The highest BCUT2D eigenvalue weighted by Crippen LogP contribution is 2.28. The second-order valence-electron chi connectivity index (χ2n) is 4.49. The number of hydrogen-bond donors (Lipinski definition) is 1. The summed E-state index contributed by atoms with van der Waals surface area (Å²) in [7, 11) is 0. The quantitative estimate of drug-likeness (QED) is 0.862. The molecule has 0 saturated carbocycles. The molecular weight excluding hydrogens is 229 g/mol. The molecule has 0 unspecified atom stereocenters. The van der Waals surface area contributed by atoms with E-state index in [2.05, 4.69) is 0 Å². The minimum atomic E-state index is -4.15. The van der Waals surface area contributed by atoms with Crippen molar-refractivity contribution in [2.24, 2.45) is 5.73 Å². The summed E-state index contributed by atoms with van der Waals surface area (Å²) >= 11 is 0. The highest BCUT2D eigenvalue weighted by Gasteiger charge is 2.37. The second kappa shape index (κ2) is 4.66. The number of likely N-dealkylation sites (tertiary alicyclic amines) is 1. The van der Waals surface area contributed by atoms with Gasteiger partial charge >= 0.3 is 6.18 Å². The van der Waals surface area contributed by atoms with Crippen molar-refractivity contribution in [2.45, 2.75) is 18.1 Å². The Labute approximate surface area is 98.2 Å². The summed E-state index contributed by atoms with van der Waals surface area (Å²) in [4.78, 5) is 1.38. The van der Waals surface area contributed by atoms with Crippen LogP contribution in [0.25, 0.3) is 0 Å². The molecule has 17 heavy (non-hydrogen) atoms. The van der Waals surface area contributed by atoms with Crippen molar-refractivity contribution in [1.29, 1.82) is 0 Å². The molecule has 0 aromatic heterocycles. The highest BCUT2D eigenvalue weighted by atomic mass is 19.4. The van der Waals surface area contributed by atoms with Crippen molar-refractivity contribution in [3.05, 3.63) is 35.9 Å². The van der Waals surface area contributed by atoms with Gasteiger partial charge in [-0.05, 0) is 5.56 Å². The molecule has 2 atom stereocenters. The second-order valence-corrected chi connectivity index (χ2v) is 4.49. The highest BCUT2D eigenvalue weighted by molar-refractivity contribution is 5.23. The third kappa shape index (κ3) is 3.20. The fourth-order valence-corrected chi connectivity index (χ4v) is 2.35. The molecule has 1 aromatic carbocycles. The Balaban J connectivity index is 2.03. The summed E-state index contributed by atoms with van der Waals surface area (Å²) in [5.41, 5.74) is 6.93. The van der Waals surface area contributed by atoms with E-state index in [0.717, 1.165) is 5.56 Å². The van der Waals surface area contributed by atoms with Crippen LogP contribution >= 0.6 is 0 Å². The topological polar surface area (TPSA) is 29.3 Å². The average Bonchev–Trinajstić information content (AvgIpc) is 2.58. The SMILES string of the molecule is N[C@H]1CN(CC(F)(F)F)C[C@H]1c1ccccc1. The Bertz CT molecular complexity index is 364. The van der Waals surface area contributed by atoms with E-state index >= 15 is 0 Å². The van der Waals surface area contributed by atoms with Crippen LogP contribution in [0.2, 0.25) is 0 Å². The van der Waals surface area contributed by atoms with E-state index in [1.807, 2.05) is 30.3 Å².